The molecule has 0 bridgehead atoms. The normalized spacial score (nSPS) is 12.2. The van der Waals surface area contributed by atoms with Crippen molar-refractivity contribution >= 4 is 28.2 Å². The minimum Gasteiger partial charge on any atom is -0.356 e. The van der Waals surface area contributed by atoms with Crippen LogP contribution in [0.15, 0.2) is 76.6 Å². The quantitative estimate of drug-likeness (QED) is 0.584. The van der Waals surface area contributed by atoms with Crippen LogP contribution in [0.1, 0.15) is 22.2 Å². The lowest BCUT2D eigenvalue weighted by Crippen LogP contribution is -2.30. The van der Waals surface area contributed by atoms with Gasteiger partial charge in [0, 0.05) is 10.3 Å². The second-order valence-corrected chi connectivity index (χ2v) is 6.71. The molecule has 4 nitrogen and oxygen atoms in total. The number of hydrogen-bond donors (Lipinski definition) is 1. The largest absolute Gasteiger partial charge is 0.356 e. The molecule has 0 fully saturated rings. The van der Waals surface area contributed by atoms with Crippen LogP contribution in [0.25, 0.3) is 11.0 Å². The SMILES string of the molecule is O=C(Cc1noc2ccccc12)NC(c1ccccc1)c1cccs1. The molecule has 124 valence electrons. The van der Waals surface area contributed by atoms with E-state index in [1.165, 1.54) is 0 Å². The van der Waals surface area contributed by atoms with Gasteiger partial charge >= 0.3 is 0 Å². The Morgan fingerprint density at radius 1 is 1.04 bits per heavy atom. The number of benzene rings is 2. The van der Waals surface area contributed by atoms with Crippen LogP contribution in [0.5, 0.6) is 0 Å². The van der Waals surface area contributed by atoms with Gasteiger partial charge in [-0.3, -0.25) is 4.79 Å². The fourth-order valence-electron chi connectivity index (χ4n) is 2.85. The average molecular weight is 348 g/mol. The number of para-hydroxylation sites is 1. The van der Waals surface area contributed by atoms with Crippen LogP contribution in [0.4, 0.5) is 0 Å². The number of nitrogens with zero attached hydrogens (tertiary/aromatic N) is 1. The van der Waals surface area contributed by atoms with Crippen molar-refractivity contribution in [1.82, 2.24) is 10.5 Å². The van der Waals surface area contributed by atoms with Crippen LogP contribution in [-0.4, -0.2) is 11.1 Å². The zero-order valence-electron chi connectivity index (χ0n) is 13.4. The number of aromatic nitrogens is 1. The smallest absolute Gasteiger partial charge is 0.226 e. The maximum Gasteiger partial charge on any atom is 0.226 e. The van der Waals surface area contributed by atoms with Gasteiger partial charge in [-0.25, -0.2) is 0 Å². The van der Waals surface area contributed by atoms with Crippen molar-refractivity contribution in [2.45, 2.75) is 12.5 Å². The number of thiophene rings is 1. The molecule has 0 aliphatic rings. The molecule has 2 heterocycles. The molecule has 1 N–H and O–H groups in total. The zero-order valence-corrected chi connectivity index (χ0v) is 14.2. The average Bonchev–Trinajstić information content (AvgIpc) is 3.31. The van der Waals surface area contributed by atoms with Gasteiger partial charge in [0.05, 0.1) is 12.5 Å². The molecule has 5 heteroatoms. The van der Waals surface area contributed by atoms with E-state index in [-0.39, 0.29) is 18.4 Å². The Morgan fingerprint density at radius 3 is 2.64 bits per heavy atom. The number of hydrogen-bond acceptors (Lipinski definition) is 4. The summed E-state index contributed by atoms with van der Waals surface area (Å²) in [6.45, 7) is 0. The van der Waals surface area contributed by atoms with E-state index in [0.29, 0.717) is 11.3 Å². The van der Waals surface area contributed by atoms with Crippen LogP contribution in [-0.2, 0) is 11.2 Å². The highest BCUT2D eigenvalue weighted by Crippen LogP contribution is 2.26. The summed E-state index contributed by atoms with van der Waals surface area (Å²) >= 11 is 1.63. The number of fused-ring (bicyclic) bond motifs is 1. The molecule has 0 saturated carbocycles. The van der Waals surface area contributed by atoms with Crippen molar-refractivity contribution in [3.05, 3.63) is 88.2 Å². The Hall–Kier alpha value is -2.92. The summed E-state index contributed by atoms with van der Waals surface area (Å²) in [4.78, 5) is 13.7. The van der Waals surface area contributed by atoms with Gasteiger partial charge in [-0.1, -0.05) is 53.7 Å². The molecular formula is C20H16N2O2S. The Balaban J connectivity index is 1.57. The molecule has 0 saturated heterocycles. The topological polar surface area (TPSA) is 55.1 Å². The molecule has 4 rings (SSSR count). The predicted octanol–water partition coefficient (Wildman–Crippen LogP) is 4.34. The van der Waals surface area contributed by atoms with E-state index in [2.05, 4.69) is 10.5 Å². The Bertz CT molecular complexity index is 977. The minimum absolute atomic E-state index is 0.0821. The fraction of sp³-hybridized carbons (Fsp3) is 0.100. The summed E-state index contributed by atoms with van der Waals surface area (Å²) in [5, 5.41) is 10.1. The molecule has 4 aromatic rings. The number of rotatable bonds is 5. The maximum absolute atomic E-state index is 12.6. The highest BCUT2D eigenvalue weighted by molar-refractivity contribution is 7.10. The number of carbonyl (C=O) groups is 1. The molecule has 0 radical (unpaired) electrons. The van der Waals surface area contributed by atoms with Crippen LogP contribution in [0.3, 0.4) is 0 Å². The third-order valence-electron chi connectivity index (χ3n) is 4.05. The van der Waals surface area contributed by atoms with Gasteiger partial charge in [-0.05, 0) is 29.1 Å². The van der Waals surface area contributed by atoms with E-state index < -0.39 is 0 Å². The molecule has 25 heavy (non-hydrogen) atoms. The summed E-state index contributed by atoms with van der Waals surface area (Å²) in [5.74, 6) is -0.0821. The van der Waals surface area contributed by atoms with Crippen LogP contribution in [0, 0.1) is 0 Å². The van der Waals surface area contributed by atoms with Crippen molar-refractivity contribution < 1.29 is 9.32 Å². The van der Waals surface area contributed by atoms with Crippen molar-refractivity contribution in [3.63, 3.8) is 0 Å². The zero-order chi connectivity index (χ0) is 17.1. The molecule has 1 amide bonds. The van der Waals surface area contributed by atoms with E-state index >= 15 is 0 Å². The summed E-state index contributed by atoms with van der Waals surface area (Å²) in [7, 11) is 0. The Labute approximate surface area is 149 Å². The molecule has 0 aliphatic heterocycles. The number of carbonyl (C=O) groups excluding carboxylic acids is 1. The lowest BCUT2D eigenvalue weighted by Gasteiger charge is -2.17. The van der Waals surface area contributed by atoms with Crippen molar-refractivity contribution in [1.29, 1.82) is 0 Å². The first-order valence-electron chi connectivity index (χ1n) is 8.02. The third kappa shape index (κ3) is 3.32. The monoisotopic (exact) mass is 348 g/mol. The van der Waals surface area contributed by atoms with E-state index in [4.69, 9.17) is 4.52 Å². The van der Waals surface area contributed by atoms with Crippen LogP contribution in [0.2, 0.25) is 0 Å². The molecule has 0 spiro atoms. The summed E-state index contributed by atoms with van der Waals surface area (Å²) in [6, 6.07) is 21.4. The van der Waals surface area contributed by atoms with E-state index in [1.807, 2.05) is 72.1 Å². The van der Waals surface area contributed by atoms with Crippen molar-refractivity contribution in [2.24, 2.45) is 0 Å². The summed E-state index contributed by atoms with van der Waals surface area (Å²) in [5.41, 5.74) is 2.41. The first kappa shape index (κ1) is 15.6. The molecule has 1 unspecified atom stereocenters. The van der Waals surface area contributed by atoms with E-state index in [0.717, 1.165) is 15.8 Å². The van der Waals surface area contributed by atoms with Gasteiger partial charge in [0.2, 0.25) is 5.91 Å². The second-order valence-electron chi connectivity index (χ2n) is 5.73. The van der Waals surface area contributed by atoms with Crippen LogP contribution >= 0.6 is 11.3 Å². The first-order valence-corrected chi connectivity index (χ1v) is 8.90. The molecular weight excluding hydrogens is 332 g/mol. The van der Waals surface area contributed by atoms with Crippen molar-refractivity contribution in [3.8, 4) is 0 Å². The van der Waals surface area contributed by atoms with E-state index in [1.54, 1.807) is 11.3 Å². The van der Waals surface area contributed by atoms with Gasteiger partial charge in [-0.15, -0.1) is 11.3 Å². The summed E-state index contributed by atoms with van der Waals surface area (Å²) in [6.07, 6.45) is 0.186. The molecule has 1 atom stereocenters. The predicted molar refractivity (Wildman–Crippen MR) is 98.5 cm³/mol. The van der Waals surface area contributed by atoms with Gasteiger partial charge in [0.15, 0.2) is 5.58 Å². The molecule has 2 aromatic carbocycles. The second kappa shape index (κ2) is 6.91. The number of nitrogens with one attached hydrogen (secondary N) is 1. The Morgan fingerprint density at radius 2 is 1.84 bits per heavy atom. The van der Waals surface area contributed by atoms with Crippen molar-refractivity contribution in [2.75, 3.05) is 0 Å². The number of amides is 1. The minimum atomic E-state index is -0.160. The van der Waals surface area contributed by atoms with E-state index in [9.17, 15) is 4.79 Å². The third-order valence-corrected chi connectivity index (χ3v) is 4.98. The lowest BCUT2D eigenvalue weighted by molar-refractivity contribution is -0.121. The van der Waals surface area contributed by atoms with Crippen LogP contribution < -0.4 is 5.32 Å². The highest BCUT2D eigenvalue weighted by atomic mass is 32.1. The Kier molecular flexibility index (Phi) is 4.31. The lowest BCUT2D eigenvalue weighted by atomic mass is 10.0. The first-order chi connectivity index (χ1) is 12.3. The standard InChI is InChI=1S/C20H16N2O2S/c23-19(13-16-15-9-4-5-10-17(15)24-22-16)21-20(18-11-6-12-25-18)14-7-2-1-3-8-14/h1-12,20H,13H2,(H,21,23). The highest BCUT2D eigenvalue weighted by Gasteiger charge is 2.19. The fourth-order valence-corrected chi connectivity index (χ4v) is 3.65. The van der Waals surface area contributed by atoms with Gasteiger partial charge in [-0.2, -0.15) is 0 Å². The summed E-state index contributed by atoms with van der Waals surface area (Å²) < 4.78 is 5.28. The molecule has 2 aromatic heterocycles. The molecule has 0 aliphatic carbocycles. The maximum atomic E-state index is 12.6. The van der Waals surface area contributed by atoms with Gasteiger partial charge < -0.3 is 9.84 Å². The van der Waals surface area contributed by atoms with Gasteiger partial charge in [0.25, 0.3) is 0 Å². The van der Waals surface area contributed by atoms with Gasteiger partial charge in [0.1, 0.15) is 5.69 Å².